The van der Waals surface area contributed by atoms with Gasteiger partial charge in [0.25, 0.3) is 5.91 Å². The number of carbonyl (C=O) groups is 1. The van der Waals surface area contributed by atoms with Gasteiger partial charge in [-0.25, -0.2) is 4.57 Å². The molecule has 0 saturated carbocycles. The van der Waals surface area contributed by atoms with Crippen LogP contribution >= 0.6 is 63.7 Å². The second-order valence-electron chi connectivity index (χ2n) is 8.81. The normalized spacial score (nSPS) is 11.4. The van der Waals surface area contributed by atoms with Crippen LogP contribution in [0.15, 0.2) is 77.9 Å². The molecule has 1 heterocycles. The molecule has 2 aromatic carbocycles. The number of halogens is 4. The van der Waals surface area contributed by atoms with E-state index in [0.717, 1.165) is 54.2 Å². The first kappa shape index (κ1) is 32.5. The molecule has 0 aliphatic rings. The third-order valence-corrected chi connectivity index (χ3v) is 8.11. The zero-order chi connectivity index (χ0) is 28.9. The molecule has 1 amide bonds. The molecule has 0 fully saturated rings. The molecular formula is C28H31Br4N4O4+. The maximum Gasteiger partial charge on any atom is 0.269 e. The van der Waals surface area contributed by atoms with Crippen LogP contribution in [-0.2, 0) is 24.2 Å². The van der Waals surface area contributed by atoms with Gasteiger partial charge in [0.2, 0.25) is 0 Å². The first-order valence-electron chi connectivity index (χ1n) is 12.7. The number of rotatable bonds is 15. The van der Waals surface area contributed by atoms with Crippen LogP contribution in [0.1, 0.15) is 24.0 Å². The van der Waals surface area contributed by atoms with Crippen molar-refractivity contribution in [1.29, 1.82) is 0 Å². The van der Waals surface area contributed by atoms with Crippen molar-refractivity contribution >= 4 is 75.3 Å². The molecule has 214 valence electrons. The van der Waals surface area contributed by atoms with E-state index >= 15 is 0 Å². The molecule has 0 spiro atoms. The number of nitrogens with two attached hydrogens (primary N) is 1. The lowest BCUT2D eigenvalue weighted by atomic mass is 10.1. The van der Waals surface area contributed by atoms with E-state index in [-0.39, 0.29) is 12.1 Å². The summed E-state index contributed by atoms with van der Waals surface area (Å²) < 4.78 is 17.0. The summed E-state index contributed by atoms with van der Waals surface area (Å²) in [5, 5.41) is 15.6. The van der Waals surface area contributed by atoms with Crippen LogP contribution in [0.4, 0.5) is 0 Å². The fourth-order valence-corrected chi connectivity index (χ4v) is 6.81. The number of ether oxygens (including phenoxy) is 2. The van der Waals surface area contributed by atoms with Gasteiger partial charge in [-0.15, -0.1) is 0 Å². The zero-order valence-corrected chi connectivity index (χ0v) is 28.1. The number of pyridine rings is 1. The van der Waals surface area contributed by atoms with E-state index < -0.39 is 5.91 Å². The molecule has 1 aromatic heterocycles. The van der Waals surface area contributed by atoms with Crippen molar-refractivity contribution < 1.29 is 24.0 Å². The average molecular weight is 807 g/mol. The maximum atomic E-state index is 12.7. The van der Waals surface area contributed by atoms with Crippen molar-refractivity contribution in [2.45, 2.75) is 32.2 Å². The zero-order valence-electron chi connectivity index (χ0n) is 21.7. The number of aryl methyl sites for hydroxylation is 1. The van der Waals surface area contributed by atoms with Crippen molar-refractivity contribution in [3.05, 3.63) is 83.9 Å². The number of amides is 1. The third-order valence-electron chi connectivity index (χ3n) is 5.75. The van der Waals surface area contributed by atoms with Crippen LogP contribution in [0.25, 0.3) is 0 Å². The van der Waals surface area contributed by atoms with Crippen LogP contribution < -0.4 is 25.1 Å². The highest BCUT2D eigenvalue weighted by Crippen LogP contribution is 2.36. The van der Waals surface area contributed by atoms with Gasteiger partial charge in [-0.1, -0.05) is 11.2 Å². The summed E-state index contributed by atoms with van der Waals surface area (Å²) in [7, 11) is 0. The molecule has 3 rings (SSSR count). The maximum absolute atomic E-state index is 12.7. The Morgan fingerprint density at radius 1 is 0.875 bits per heavy atom. The van der Waals surface area contributed by atoms with Gasteiger partial charge in [0.1, 0.15) is 17.2 Å². The molecule has 0 unspecified atom stereocenters. The largest absolute Gasteiger partial charge is 0.491 e. The minimum Gasteiger partial charge on any atom is -0.491 e. The number of hydrogen-bond acceptors (Lipinski definition) is 6. The van der Waals surface area contributed by atoms with E-state index in [2.05, 4.69) is 78.8 Å². The molecule has 0 bridgehead atoms. The van der Waals surface area contributed by atoms with E-state index in [1.54, 1.807) is 0 Å². The number of benzene rings is 2. The van der Waals surface area contributed by atoms with Gasteiger partial charge in [0.05, 0.1) is 31.1 Å². The van der Waals surface area contributed by atoms with Gasteiger partial charge in [-0.2, -0.15) is 0 Å². The van der Waals surface area contributed by atoms with E-state index in [9.17, 15) is 10.0 Å². The number of nitrogens with zero attached hydrogens (tertiary/aromatic N) is 2. The number of hydrogen-bond donors (Lipinski definition) is 3. The second kappa shape index (κ2) is 17.1. The van der Waals surface area contributed by atoms with E-state index in [4.69, 9.17) is 15.2 Å². The lowest BCUT2D eigenvalue weighted by Gasteiger charge is -2.13. The standard InChI is InChI=1S/C28H30Br4N4O4/c29-21-14-19(15-22(30)26(21)40-13-5-11-36-9-2-1-3-10-36)6-8-34-28(37)25(35-38)18-20-16-23(31)27(24(32)17-20)39-12-4-7-33/h1-3,9-10,14-17H,4-8,11-13,18,33H2,(H-,34,37,38)/p+1. The Morgan fingerprint density at radius 3 is 1.98 bits per heavy atom. The summed E-state index contributed by atoms with van der Waals surface area (Å²) in [6, 6.07) is 13.6. The molecule has 0 aliphatic carbocycles. The molecular weight excluding hydrogens is 776 g/mol. The number of oxime groups is 1. The van der Waals surface area contributed by atoms with Crippen LogP contribution in [0.3, 0.4) is 0 Å². The Bertz CT molecular complexity index is 1260. The third kappa shape index (κ3) is 10.1. The summed E-state index contributed by atoms with van der Waals surface area (Å²) in [5.74, 6) is 0.963. The first-order valence-corrected chi connectivity index (χ1v) is 15.8. The van der Waals surface area contributed by atoms with Gasteiger partial charge in [0.15, 0.2) is 18.9 Å². The Labute approximate surface area is 267 Å². The first-order chi connectivity index (χ1) is 19.3. The van der Waals surface area contributed by atoms with Crippen LogP contribution in [0.5, 0.6) is 11.5 Å². The lowest BCUT2D eigenvalue weighted by molar-refractivity contribution is -0.697. The van der Waals surface area contributed by atoms with Gasteiger partial charge in [-0.3, -0.25) is 4.79 Å². The topological polar surface area (TPSA) is 110 Å². The highest BCUT2D eigenvalue weighted by atomic mass is 79.9. The minimum atomic E-state index is -0.438. The van der Waals surface area contributed by atoms with Crippen molar-refractivity contribution in [2.24, 2.45) is 10.9 Å². The van der Waals surface area contributed by atoms with Gasteiger partial charge in [-0.05, 0) is 118 Å². The highest BCUT2D eigenvalue weighted by Gasteiger charge is 2.17. The smallest absolute Gasteiger partial charge is 0.269 e. The SMILES string of the molecule is NCCCOc1c(Br)cc(C/C(=N/O)C(=O)NCCc2cc(Br)c(OCCC[n+]3ccccc3)c(Br)c2)cc1Br. The Balaban J connectivity index is 1.49. The minimum absolute atomic E-state index is 0.00961. The molecule has 4 N–H and O–H groups in total. The number of aromatic nitrogens is 1. The van der Waals surface area contributed by atoms with E-state index in [1.807, 2.05) is 54.9 Å². The fraction of sp³-hybridized carbons (Fsp3) is 0.321. The van der Waals surface area contributed by atoms with Gasteiger partial charge >= 0.3 is 0 Å². The van der Waals surface area contributed by atoms with Crippen LogP contribution in [0.2, 0.25) is 0 Å². The summed E-state index contributed by atoms with van der Waals surface area (Å²) in [4.78, 5) is 12.7. The monoisotopic (exact) mass is 803 g/mol. The summed E-state index contributed by atoms with van der Waals surface area (Å²) in [6.45, 7) is 2.86. The predicted octanol–water partition coefficient (Wildman–Crippen LogP) is 5.95. The van der Waals surface area contributed by atoms with E-state index in [1.165, 1.54) is 0 Å². The molecule has 0 aliphatic heterocycles. The van der Waals surface area contributed by atoms with Crippen molar-refractivity contribution in [3.63, 3.8) is 0 Å². The molecule has 12 heteroatoms. The van der Waals surface area contributed by atoms with E-state index in [0.29, 0.717) is 38.5 Å². The van der Waals surface area contributed by atoms with Crippen molar-refractivity contribution in [2.75, 3.05) is 26.3 Å². The molecule has 0 atom stereocenters. The Hall–Kier alpha value is -1.99. The Morgan fingerprint density at radius 2 is 1.43 bits per heavy atom. The predicted molar refractivity (Wildman–Crippen MR) is 169 cm³/mol. The van der Waals surface area contributed by atoms with Crippen LogP contribution in [0, 0.1) is 0 Å². The Kier molecular flexibility index (Phi) is 13.9. The highest BCUT2D eigenvalue weighted by molar-refractivity contribution is 9.11. The van der Waals surface area contributed by atoms with Crippen molar-refractivity contribution in [1.82, 2.24) is 5.32 Å². The molecule has 0 saturated heterocycles. The second-order valence-corrected chi connectivity index (χ2v) is 12.2. The summed E-state index contributed by atoms with van der Waals surface area (Å²) >= 11 is 14.2. The summed E-state index contributed by atoms with van der Waals surface area (Å²) in [5.41, 5.74) is 7.32. The molecule has 40 heavy (non-hydrogen) atoms. The summed E-state index contributed by atoms with van der Waals surface area (Å²) in [6.07, 6.45) is 6.41. The van der Waals surface area contributed by atoms with Gasteiger partial charge in [0, 0.05) is 31.5 Å². The molecule has 8 nitrogen and oxygen atoms in total. The fourth-order valence-electron chi connectivity index (χ4n) is 3.79. The average Bonchev–Trinajstić information content (AvgIpc) is 2.93. The molecule has 0 radical (unpaired) electrons. The molecule has 3 aromatic rings. The quantitative estimate of drug-likeness (QED) is 0.0579. The van der Waals surface area contributed by atoms with Crippen molar-refractivity contribution in [3.8, 4) is 11.5 Å². The number of carbonyl (C=O) groups excluding carboxylic acids is 1. The van der Waals surface area contributed by atoms with Crippen LogP contribution in [-0.4, -0.2) is 43.1 Å². The lowest BCUT2D eigenvalue weighted by Crippen LogP contribution is -2.33. The number of nitrogens with one attached hydrogen (secondary N) is 1. The van der Waals surface area contributed by atoms with Gasteiger partial charge < -0.3 is 25.7 Å².